The predicted molar refractivity (Wildman–Crippen MR) is 92.8 cm³/mol. The quantitative estimate of drug-likeness (QED) is 0.850. The normalized spacial score (nSPS) is 16.1. The molecule has 3 nitrogen and oxygen atoms in total. The Morgan fingerprint density at radius 1 is 0.739 bits per heavy atom. The van der Waals surface area contributed by atoms with Gasteiger partial charge in [-0.2, -0.15) is 5.26 Å². The Morgan fingerprint density at radius 3 is 1.96 bits per heavy atom. The average Bonchev–Trinajstić information content (AvgIpc) is 2.60. The summed E-state index contributed by atoms with van der Waals surface area (Å²) in [5, 5.41) is 8.95. The van der Waals surface area contributed by atoms with E-state index in [1.54, 1.807) is 0 Å². The SMILES string of the molecule is N#CCc1ccccc1CN1CCN(Cc2ccccc2)CC1. The first-order valence-corrected chi connectivity index (χ1v) is 8.27. The third kappa shape index (κ3) is 4.41. The standard InChI is InChI=1S/C20H23N3/c21-11-10-19-8-4-5-9-20(19)17-23-14-12-22(13-15-23)16-18-6-2-1-3-7-18/h1-9H,10,12-17H2. The molecule has 1 saturated heterocycles. The van der Waals surface area contributed by atoms with Gasteiger partial charge in [0.05, 0.1) is 12.5 Å². The van der Waals surface area contributed by atoms with Crippen molar-refractivity contribution in [3.63, 3.8) is 0 Å². The molecule has 23 heavy (non-hydrogen) atoms. The van der Waals surface area contributed by atoms with E-state index in [0.717, 1.165) is 39.3 Å². The van der Waals surface area contributed by atoms with Crippen LogP contribution in [0.3, 0.4) is 0 Å². The Labute approximate surface area is 138 Å². The van der Waals surface area contributed by atoms with Crippen LogP contribution in [0, 0.1) is 11.3 Å². The highest BCUT2D eigenvalue weighted by molar-refractivity contribution is 5.29. The molecule has 1 aliphatic rings. The highest BCUT2D eigenvalue weighted by Gasteiger charge is 2.17. The van der Waals surface area contributed by atoms with Crippen molar-refractivity contribution in [2.45, 2.75) is 19.5 Å². The maximum atomic E-state index is 8.95. The molecule has 0 aliphatic carbocycles. The number of nitriles is 1. The van der Waals surface area contributed by atoms with E-state index in [4.69, 9.17) is 5.26 Å². The Balaban J connectivity index is 1.53. The van der Waals surface area contributed by atoms with E-state index in [2.05, 4.69) is 64.4 Å². The molecule has 0 spiro atoms. The highest BCUT2D eigenvalue weighted by Crippen LogP contribution is 2.15. The van der Waals surface area contributed by atoms with E-state index in [9.17, 15) is 0 Å². The summed E-state index contributed by atoms with van der Waals surface area (Å²) in [5.74, 6) is 0. The van der Waals surface area contributed by atoms with Crippen LogP contribution in [-0.2, 0) is 19.5 Å². The maximum absolute atomic E-state index is 8.95. The fourth-order valence-corrected chi connectivity index (χ4v) is 3.16. The number of hydrogen-bond acceptors (Lipinski definition) is 3. The summed E-state index contributed by atoms with van der Waals surface area (Å²) in [5.41, 5.74) is 3.85. The summed E-state index contributed by atoms with van der Waals surface area (Å²) in [6.07, 6.45) is 0.504. The van der Waals surface area contributed by atoms with E-state index in [1.807, 2.05) is 6.07 Å². The van der Waals surface area contributed by atoms with Crippen molar-refractivity contribution >= 4 is 0 Å². The minimum Gasteiger partial charge on any atom is -0.297 e. The molecule has 1 heterocycles. The molecule has 0 aromatic heterocycles. The molecular weight excluding hydrogens is 282 g/mol. The van der Waals surface area contributed by atoms with Gasteiger partial charge in [-0.1, -0.05) is 54.6 Å². The zero-order valence-electron chi connectivity index (χ0n) is 13.5. The lowest BCUT2D eigenvalue weighted by molar-refractivity contribution is 0.122. The maximum Gasteiger partial charge on any atom is 0.0669 e. The summed E-state index contributed by atoms with van der Waals surface area (Å²) in [6, 6.07) is 21.3. The van der Waals surface area contributed by atoms with Gasteiger partial charge in [-0.3, -0.25) is 9.80 Å². The van der Waals surface area contributed by atoms with E-state index >= 15 is 0 Å². The largest absolute Gasteiger partial charge is 0.297 e. The molecular formula is C20H23N3. The van der Waals surface area contributed by atoms with Gasteiger partial charge in [0, 0.05) is 39.3 Å². The average molecular weight is 305 g/mol. The lowest BCUT2D eigenvalue weighted by Gasteiger charge is -2.35. The number of nitrogens with zero attached hydrogens (tertiary/aromatic N) is 3. The van der Waals surface area contributed by atoms with Crippen LogP contribution < -0.4 is 0 Å². The van der Waals surface area contributed by atoms with Gasteiger partial charge in [0.25, 0.3) is 0 Å². The molecule has 0 saturated carbocycles. The van der Waals surface area contributed by atoms with Crippen molar-refractivity contribution in [2.75, 3.05) is 26.2 Å². The molecule has 0 bridgehead atoms. The van der Waals surface area contributed by atoms with E-state index in [1.165, 1.54) is 16.7 Å². The van der Waals surface area contributed by atoms with Crippen LogP contribution in [-0.4, -0.2) is 36.0 Å². The summed E-state index contributed by atoms with van der Waals surface area (Å²) in [4.78, 5) is 5.02. The van der Waals surface area contributed by atoms with Crippen molar-refractivity contribution in [3.05, 3.63) is 71.3 Å². The van der Waals surface area contributed by atoms with Gasteiger partial charge in [0.2, 0.25) is 0 Å². The summed E-state index contributed by atoms with van der Waals surface area (Å²) in [7, 11) is 0. The highest BCUT2D eigenvalue weighted by atomic mass is 15.3. The van der Waals surface area contributed by atoms with Gasteiger partial charge in [-0.15, -0.1) is 0 Å². The lowest BCUT2D eigenvalue weighted by Crippen LogP contribution is -2.45. The van der Waals surface area contributed by atoms with Gasteiger partial charge in [-0.05, 0) is 16.7 Å². The first-order chi connectivity index (χ1) is 11.3. The Kier molecular flexibility index (Phi) is 5.42. The van der Waals surface area contributed by atoms with E-state index < -0.39 is 0 Å². The molecule has 3 rings (SSSR count). The van der Waals surface area contributed by atoms with Gasteiger partial charge >= 0.3 is 0 Å². The summed E-state index contributed by atoms with van der Waals surface area (Å²) < 4.78 is 0. The third-order valence-electron chi connectivity index (χ3n) is 4.50. The van der Waals surface area contributed by atoms with Gasteiger partial charge in [-0.25, -0.2) is 0 Å². The number of hydrogen-bond donors (Lipinski definition) is 0. The summed E-state index contributed by atoms with van der Waals surface area (Å²) >= 11 is 0. The Hall–Kier alpha value is -2.15. The molecule has 0 amide bonds. The molecule has 2 aromatic rings. The second kappa shape index (κ2) is 7.92. The molecule has 1 aliphatic heterocycles. The second-order valence-corrected chi connectivity index (χ2v) is 6.14. The fraction of sp³-hybridized carbons (Fsp3) is 0.350. The van der Waals surface area contributed by atoms with Crippen LogP contribution in [0.15, 0.2) is 54.6 Å². The van der Waals surface area contributed by atoms with Gasteiger partial charge in [0.1, 0.15) is 0 Å². The zero-order valence-corrected chi connectivity index (χ0v) is 13.5. The third-order valence-corrected chi connectivity index (χ3v) is 4.50. The molecule has 1 fully saturated rings. The fourth-order valence-electron chi connectivity index (χ4n) is 3.16. The minimum absolute atomic E-state index is 0.504. The monoisotopic (exact) mass is 305 g/mol. The van der Waals surface area contributed by atoms with Crippen LogP contribution in [0.5, 0.6) is 0 Å². The zero-order chi connectivity index (χ0) is 15.9. The van der Waals surface area contributed by atoms with Gasteiger partial charge in [0.15, 0.2) is 0 Å². The Bertz CT molecular complexity index is 652. The van der Waals surface area contributed by atoms with E-state index in [0.29, 0.717) is 6.42 Å². The van der Waals surface area contributed by atoms with Gasteiger partial charge < -0.3 is 0 Å². The molecule has 0 radical (unpaired) electrons. The smallest absolute Gasteiger partial charge is 0.0669 e. The van der Waals surface area contributed by atoms with Crippen LogP contribution in [0.2, 0.25) is 0 Å². The predicted octanol–water partition coefficient (Wildman–Crippen LogP) is 3.07. The number of piperazine rings is 1. The second-order valence-electron chi connectivity index (χ2n) is 6.14. The van der Waals surface area contributed by atoms with Crippen molar-refractivity contribution < 1.29 is 0 Å². The first-order valence-electron chi connectivity index (χ1n) is 8.27. The molecule has 3 heteroatoms. The van der Waals surface area contributed by atoms with Crippen molar-refractivity contribution in [3.8, 4) is 6.07 Å². The first kappa shape index (κ1) is 15.7. The van der Waals surface area contributed by atoms with Crippen molar-refractivity contribution in [1.29, 1.82) is 5.26 Å². The van der Waals surface area contributed by atoms with Crippen molar-refractivity contribution in [1.82, 2.24) is 9.80 Å². The van der Waals surface area contributed by atoms with Crippen LogP contribution >= 0.6 is 0 Å². The van der Waals surface area contributed by atoms with Crippen LogP contribution in [0.4, 0.5) is 0 Å². The van der Waals surface area contributed by atoms with Crippen LogP contribution in [0.25, 0.3) is 0 Å². The molecule has 0 unspecified atom stereocenters. The Morgan fingerprint density at radius 2 is 1.30 bits per heavy atom. The summed E-state index contributed by atoms with van der Waals surface area (Å²) in [6.45, 7) is 6.39. The molecule has 0 atom stereocenters. The topological polar surface area (TPSA) is 30.3 Å². The van der Waals surface area contributed by atoms with E-state index in [-0.39, 0.29) is 0 Å². The van der Waals surface area contributed by atoms with Crippen molar-refractivity contribution in [2.24, 2.45) is 0 Å². The lowest BCUT2D eigenvalue weighted by atomic mass is 10.0. The van der Waals surface area contributed by atoms with Crippen LogP contribution in [0.1, 0.15) is 16.7 Å². The molecule has 118 valence electrons. The number of benzene rings is 2. The molecule has 2 aromatic carbocycles. The molecule has 0 N–H and O–H groups in total. The minimum atomic E-state index is 0.504. The number of rotatable bonds is 5.